The van der Waals surface area contributed by atoms with Crippen LogP contribution in [0.2, 0.25) is 0 Å². The second-order valence-electron chi connectivity index (χ2n) is 6.88. The van der Waals surface area contributed by atoms with Crippen molar-refractivity contribution >= 4 is 5.57 Å². The van der Waals surface area contributed by atoms with Gasteiger partial charge in [0, 0.05) is 18.5 Å². The first-order valence-corrected chi connectivity index (χ1v) is 8.98. The minimum atomic E-state index is -0.142. The molecule has 0 amide bonds. The number of ether oxygens (including phenoxy) is 1. The molecular weight excluding hydrogens is 340 g/mol. The first-order valence-electron chi connectivity index (χ1n) is 8.98. The average Bonchev–Trinajstić information content (AvgIpc) is 3.20. The first-order chi connectivity index (χ1) is 12.9. The highest BCUT2D eigenvalue weighted by Crippen LogP contribution is 2.41. The summed E-state index contributed by atoms with van der Waals surface area (Å²) in [5.74, 6) is 1.31. The van der Waals surface area contributed by atoms with Crippen LogP contribution in [0, 0.1) is 6.92 Å². The fraction of sp³-hybridized carbons (Fsp3) is 0.286. The van der Waals surface area contributed by atoms with Crippen LogP contribution in [-0.2, 0) is 13.0 Å². The van der Waals surface area contributed by atoms with E-state index in [4.69, 9.17) is 9.72 Å². The molecule has 6 heteroatoms. The summed E-state index contributed by atoms with van der Waals surface area (Å²) in [5, 5.41) is 4.45. The molecule has 138 valence electrons. The van der Waals surface area contributed by atoms with Crippen molar-refractivity contribution in [1.82, 2.24) is 19.7 Å². The third kappa shape index (κ3) is 2.68. The molecule has 0 aliphatic heterocycles. The molecular formula is C21H22N4O2. The number of hydrogen-bond donors (Lipinski definition) is 1. The zero-order chi connectivity index (χ0) is 19.3. The van der Waals surface area contributed by atoms with E-state index in [1.54, 1.807) is 7.11 Å². The smallest absolute Gasteiger partial charge is 0.259 e. The van der Waals surface area contributed by atoms with Crippen LogP contribution in [0.5, 0.6) is 5.75 Å². The molecule has 2 heterocycles. The Morgan fingerprint density at radius 2 is 2.15 bits per heavy atom. The molecule has 6 nitrogen and oxygen atoms in total. The van der Waals surface area contributed by atoms with Crippen LogP contribution < -0.4 is 10.3 Å². The van der Waals surface area contributed by atoms with E-state index >= 15 is 0 Å². The number of aromatic nitrogens is 4. The van der Waals surface area contributed by atoms with E-state index in [1.165, 1.54) is 0 Å². The van der Waals surface area contributed by atoms with E-state index in [0.717, 1.165) is 45.1 Å². The summed E-state index contributed by atoms with van der Waals surface area (Å²) in [6.07, 6.45) is 0.570. The minimum absolute atomic E-state index is 0.142. The molecule has 2 aromatic heterocycles. The van der Waals surface area contributed by atoms with Crippen molar-refractivity contribution in [2.24, 2.45) is 0 Å². The fourth-order valence-electron chi connectivity index (χ4n) is 3.67. The highest BCUT2D eigenvalue weighted by Gasteiger charge is 2.28. The number of fused-ring (bicyclic) bond motifs is 3. The lowest BCUT2D eigenvalue weighted by atomic mass is 9.99. The SMILES string of the molecule is C=C(C)c1cc(OC)c2c(c1)-c1c(nc(-c3cc(C)nn3CC)[nH]c1=O)C2. The summed E-state index contributed by atoms with van der Waals surface area (Å²) in [7, 11) is 1.65. The Kier molecular flexibility index (Phi) is 3.98. The maximum atomic E-state index is 13.0. The van der Waals surface area contributed by atoms with Crippen molar-refractivity contribution in [2.45, 2.75) is 33.7 Å². The number of rotatable bonds is 4. The summed E-state index contributed by atoms with van der Waals surface area (Å²) >= 11 is 0. The normalized spacial score (nSPS) is 12.0. The number of H-pyrrole nitrogens is 1. The van der Waals surface area contributed by atoms with Crippen molar-refractivity contribution in [2.75, 3.05) is 7.11 Å². The van der Waals surface area contributed by atoms with Gasteiger partial charge in [-0.1, -0.05) is 12.2 Å². The molecule has 0 bridgehead atoms. The second kappa shape index (κ2) is 6.23. The highest BCUT2D eigenvalue weighted by atomic mass is 16.5. The van der Waals surface area contributed by atoms with E-state index in [1.807, 2.05) is 43.7 Å². The third-order valence-corrected chi connectivity index (χ3v) is 4.97. The van der Waals surface area contributed by atoms with Gasteiger partial charge in [-0.15, -0.1) is 0 Å². The van der Waals surface area contributed by atoms with Gasteiger partial charge in [0.25, 0.3) is 5.56 Å². The maximum absolute atomic E-state index is 13.0. The van der Waals surface area contributed by atoms with E-state index in [2.05, 4.69) is 16.7 Å². The summed E-state index contributed by atoms with van der Waals surface area (Å²) < 4.78 is 7.43. The highest BCUT2D eigenvalue weighted by molar-refractivity contribution is 5.81. The van der Waals surface area contributed by atoms with Crippen LogP contribution in [0.3, 0.4) is 0 Å². The summed E-state index contributed by atoms with van der Waals surface area (Å²) in [5.41, 5.74) is 6.71. The number of aromatic amines is 1. The number of hydrogen-bond acceptors (Lipinski definition) is 4. The molecule has 0 unspecified atom stereocenters. The largest absolute Gasteiger partial charge is 0.496 e. The van der Waals surface area contributed by atoms with Crippen molar-refractivity contribution < 1.29 is 4.74 Å². The fourth-order valence-corrected chi connectivity index (χ4v) is 3.67. The Morgan fingerprint density at radius 1 is 1.37 bits per heavy atom. The van der Waals surface area contributed by atoms with E-state index in [-0.39, 0.29) is 5.56 Å². The number of nitrogens with one attached hydrogen (secondary N) is 1. The average molecular weight is 362 g/mol. The van der Waals surface area contributed by atoms with Crippen LogP contribution in [-0.4, -0.2) is 26.9 Å². The Bertz CT molecular complexity index is 1140. The maximum Gasteiger partial charge on any atom is 0.259 e. The second-order valence-corrected chi connectivity index (χ2v) is 6.88. The van der Waals surface area contributed by atoms with Gasteiger partial charge in [0.15, 0.2) is 5.82 Å². The van der Waals surface area contributed by atoms with Crippen molar-refractivity contribution in [1.29, 1.82) is 0 Å². The van der Waals surface area contributed by atoms with Crippen molar-refractivity contribution in [3.8, 4) is 28.4 Å². The van der Waals surface area contributed by atoms with Gasteiger partial charge in [0.1, 0.15) is 11.4 Å². The molecule has 0 atom stereocenters. The topological polar surface area (TPSA) is 72.8 Å². The van der Waals surface area contributed by atoms with Crippen LogP contribution in [0.25, 0.3) is 28.2 Å². The van der Waals surface area contributed by atoms with Gasteiger partial charge in [-0.05, 0) is 50.1 Å². The Morgan fingerprint density at radius 3 is 2.81 bits per heavy atom. The lowest BCUT2D eigenvalue weighted by Gasteiger charge is -2.10. The molecule has 3 aromatic rings. The molecule has 0 saturated heterocycles. The molecule has 1 aliphatic carbocycles. The van der Waals surface area contributed by atoms with Crippen molar-refractivity contribution in [3.05, 3.63) is 57.6 Å². The molecule has 1 N–H and O–H groups in total. The van der Waals surface area contributed by atoms with Gasteiger partial charge in [-0.2, -0.15) is 5.10 Å². The molecule has 0 radical (unpaired) electrons. The molecule has 0 saturated carbocycles. The minimum Gasteiger partial charge on any atom is -0.496 e. The van der Waals surface area contributed by atoms with Gasteiger partial charge in [-0.25, -0.2) is 4.98 Å². The van der Waals surface area contributed by atoms with E-state index in [0.29, 0.717) is 24.4 Å². The third-order valence-electron chi connectivity index (χ3n) is 4.97. The lowest BCUT2D eigenvalue weighted by Crippen LogP contribution is -2.14. The quantitative estimate of drug-likeness (QED) is 0.602. The monoisotopic (exact) mass is 362 g/mol. The number of methoxy groups -OCH3 is 1. The molecule has 1 aliphatic rings. The van der Waals surface area contributed by atoms with Crippen LogP contribution >= 0.6 is 0 Å². The number of allylic oxidation sites excluding steroid dienone is 1. The van der Waals surface area contributed by atoms with Gasteiger partial charge in [0.05, 0.1) is 24.1 Å². The standard InChI is InChI=1S/C21H22N4O2/c1-6-25-17(7-12(4)24-25)20-22-16-10-14-15(19(16)21(26)23-20)8-13(11(2)3)9-18(14)27-5/h7-9H,2,6,10H2,1,3-5H3,(H,22,23,26). The van der Waals surface area contributed by atoms with Gasteiger partial charge in [0.2, 0.25) is 0 Å². The van der Waals surface area contributed by atoms with E-state index < -0.39 is 0 Å². The Hall–Kier alpha value is -3.15. The lowest BCUT2D eigenvalue weighted by molar-refractivity contribution is 0.411. The molecule has 4 rings (SSSR count). The van der Waals surface area contributed by atoms with Gasteiger partial charge < -0.3 is 9.72 Å². The predicted octanol–water partition coefficient (Wildman–Crippen LogP) is 3.57. The first kappa shape index (κ1) is 17.3. The van der Waals surface area contributed by atoms with Crippen molar-refractivity contribution in [3.63, 3.8) is 0 Å². The number of nitrogens with zero attached hydrogens (tertiary/aromatic N) is 3. The summed E-state index contributed by atoms with van der Waals surface area (Å²) in [6, 6.07) is 5.91. The van der Waals surface area contributed by atoms with Crippen LogP contribution in [0.4, 0.5) is 0 Å². The summed E-state index contributed by atoms with van der Waals surface area (Å²) in [4.78, 5) is 20.7. The van der Waals surface area contributed by atoms with Crippen LogP contribution in [0.1, 0.15) is 36.4 Å². The molecule has 0 spiro atoms. The zero-order valence-electron chi connectivity index (χ0n) is 16.0. The van der Waals surface area contributed by atoms with Gasteiger partial charge >= 0.3 is 0 Å². The molecule has 0 fully saturated rings. The zero-order valence-corrected chi connectivity index (χ0v) is 16.0. The van der Waals surface area contributed by atoms with Crippen LogP contribution in [0.15, 0.2) is 29.6 Å². The summed E-state index contributed by atoms with van der Waals surface area (Å²) in [6.45, 7) is 10.6. The molecule has 27 heavy (non-hydrogen) atoms. The number of benzene rings is 1. The Balaban J connectivity index is 1.92. The van der Waals surface area contributed by atoms with E-state index in [9.17, 15) is 4.79 Å². The Labute approximate surface area is 157 Å². The van der Waals surface area contributed by atoms with Gasteiger partial charge in [-0.3, -0.25) is 9.48 Å². The predicted molar refractivity (Wildman–Crippen MR) is 106 cm³/mol. The number of aryl methyl sites for hydroxylation is 2. The molecule has 1 aromatic carbocycles.